The third kappa shape index (κ3) is 2.79. The highest BCUT2D eigenvalue weighted by molar-refractivity contribution is 5.76. The van der Waals surface area contributed by atoms with Crippen molar-refractivity contribution in [2.75, 3.05) is 26.2 Å². The van der Waals surface area contributed by atoms with E-state index in [0.29, 0.717) is 13.2 Å². The Bertz CT molecular complexity index is 144. The molecule has 0 bridgehead atoms. The summed E-state index contributed by atoms with van der Waals surface area (Å²) in [5, 5.41) is 6.22. The molecule has 1 heterocycles. The summed E-state index contributed by atoms with van der Waals surface area (Å²) in [6.07, 6.45) is 0.881. The summed E-state index contributed by atoms with van der Waals surface area (Å²) in [5.74, 6) is -0.135. The predicted octanol–water partition coefficient (Wildman–Crippen LogP) is -0.499. The second kappa shape index (κ2) is 5.11. The highest BCUT2D eigenvalue weighted by Gasteiger charge is 2.20. The van der Waals surface area contributed by atoms with Gasteiger partial charge in [-0.15, -0.1) is 0 Å². The minimum absolute atomic E-state index is 0.135. The molecular formula is C8H16N2O2. The van der Waals surface area contributed by atoms with Crippen LogP contribution in [0.1, 0.15) is 13.3 Å². The molecule has 70 valence electrons. The zero-order valence-electron chi connectivity index (χ0n) is 7.43. The van der Waals surface area contributed by atoms with Crippen LogP contribution in [0.15, 0.2) is 0 Å². The Morgan fingerprint density at radius 1 is 1.58 bits per heavy atom. The van der Waals surface area contributed by atoms with Crippen LogP contribution in [0.2, 0.25) is 0 Å². The number of piperazine rings is 1. The number of carbonyl (C=O) groups excluding carboxylic acids is 1. The van der Waals surface area contributed by atoms with Crippen molar-refractivity contribution in [2.45, 2.75) is 19.4 Å². The molecular weight excluding hydrogens is 156 g/mol. The normalized spacial score (nSPS) is 23.6. The first kappa shape index (κ1) is 9.48. The summed E-state index contributed by atoms with van der Waals surface area (Å²) >= 11 is 0. The number of rotatable bonds is 3. The maximum atomic E-state index is 11.2. The monoisotopic (exact) mass is 172 g/mol. The fourth-order valence-corrected chi connectivity index (χ4v) is 1.12. The van der Waals surface area contributed by atoms with Crippen LogP contribution in [-0.2, 0) is 9.53 Å². The van der Waals surface area contributed by atoms with Gasteiger partial charge in [0.25, 0.3) is 0 Å². The first-order valence-electron chi connectivity index (χ1n) is 4.45. The minimum Gasteiger partial charge on any atom is -0.465 e. The van der Waals surface area contributed by atoms with E-state index >= 15 is 0 Å². The number of ether oxygens (including phenoxy) is 1. The minimum atomic E-state index is -0.148. The summed E-state index contributed by atoms with van der Waals surface area (Å²) in [6.45, 7) is 4.96. The molecule has 1 aliphatic heterocycles. The molecule has 0 aromatic rings. The van der Waals surface area contributed by atoms with Gasteiger partial charge in [-0.3, -0.25) is 4.79 Å². The predicted molar refractivity (Wildman–Crippen MR) is 45.9 cm³/mol. The molecule has 0 aliphatic carbocycles. The first-order valence-corrected chi connectivity index (χ1v) is 4.45. The third-order valence-electron chi connectivity index (χ3n) is 1.77. The van der Waals surface area contributed by atoms with E-state index in [1.807, 2.05) is 6.92 Å². The van der Waals surface area contributed by atoms with E-state index in [0.717, 1.165) is 19.5 Å². The molecule has 2 N–H and O–H groups in total. The Labute approximate surface area is 72.7 Å². The average molecular weight is 172 g/mol. The molecule has 0 unspecified atom stereocenters. The second-order valence-electron chi connectivity index (χ2n) is 2.88. The van der Waals surface area contributed by atoms with Crippen LogP contribution in [0.5, 0.6) is 0 Å². The van der Waals surface area contributed by atoms with Gasteiger partial charge < -0.3 is 15.4 Å². The molecule has 1 saturated heterocycles. The van der Waals surface area contributed by atoms with Crippen molar-refractivity contribution in [1.82, 2.24) is 10.6 Å². The van der Waals surface area contributed by atoms with Gasteiger partial charge in [-0.2, -0.15) is 0 Å². The lowest BCUT2D eigenvalue weighted by molar-refractivity contribution is -0.146. The van der Waals surface area contributed by atoms with Gasteiger partial charge in [0.05, 0.1) is 6.61 Å². The highest BCUT2D eigenvalue weighted by atomic mass is 16.5. The van der Waals surface area contributed by atoms with Crippen molar-refractivity contribution in [1.29, 1.82) is 0 Å². The maximum Gasteiger partial charge on any atom is 0.324 e. The van der Waals surface area contributed by atoms with Crippen molar-refractivity contribution in [3.8, 4) is 0 Å². The molecule has 4 heteroatoms. The quantitative estimate of drug-likeness (QED) is 0.564. The summed E-state index contributed by atoms with van der Waals surface area (Å²) in [5.41, 5.74) is 0. The molecule has 0 spiro atoms. The van der Waals surface area contributed by atoms with Crippen molar-refractivity contribution < 1.29 is 9.53 Å². The molecule has 0 radical (unpaired) electrons. The van der Waals surface area contributed by atoms with Crippen LogP contribution in [0.4, 0.5) is 0 Å². The van der Waals surface area contributed by atoms with Crippen LogP contribution in [0.25, 0.3) is 0 Å². The van der Waals surface area contributed by atoms with Gasteiger partial charge >= 0.3 is 5.97 Å². The number of nitrogens with one attached hydrogen (secondary N) is 2. The summed E-state index contributed by atoms with van der Waals surface area (Å²) in [7, 11) is 0. The van der Waals surface area contributed by atoms with Crippen molar-refractivity contribution in [3.63, 3.8) is 0 Å². The van der Waals surface area contributed by atoms with E-state index in [4.69, 9.17) is 4.74 Å². The van der Waals surface area contributed by atoms with Crippen LogP contribution < -0.4 is 10.6 Å². The summed E-state index contributed by atoms with van der Waals surface area (Å²) in [4.78, 5) is 11.2. The Morgan fingerprint density at radius 3 is 3.00 bits per heavy atom. The van der Waals surface area contributed by atoms with Crippen molar-refractivity contribution in [2.24, 2.45) is 0 Å². The number of carbonyl (C=O) groups is 1. The Kier molecular flexibility index (Phi) is 4.04. The molecule has 1 aliphatic rings. The molecule has 0 amide bonds. The SMILES string of the molecule is CCCOC(=O)[C@H]1CNCCN1. The lowest BCUT2D eigenvalue weighted by Crippen LogP contribution is -2.52. The van der Waals surface area contributed by atoms with Crippen molar-refractivity contribution >= 4 is 5.97 Å². The molecule has 1 fully saturated rings. The molecule has 4 nitrogen and oxygen atoms in total. The smallest absolute Gasteiger partial charge is 0.324 e. The second-order valence-corrected chi connectivity index (χ2v) is 2.88. The van der Waals surface area contributed by atoms with Gasteiger partial charge in [0.1, 0.15) is 6.04 Å². The Balaban J connectivity index is 2.20. The Hall–Kier alpha value is -0.610. The molecule has 1 atom stereocenters. The maximum absolute atomic E-state index is 11.2. The number of hydrogen-bond donors (Lipinski definition) is 2. The molecule has 0 saturated carbocycles. The van der Waals surface area contributed by atoms with Crippen molar-refractivity contribution in [3.05, 3.63) is 0 Å². The van der Waals surface area contributed by atoms with Gasteiger partial charge in [-0.05, 0) is 6.42 Å². The zero-order valence-corrected chi connectivity index (χ0v) is 7.43. The Morgan fingerprint density at radius 2 is 2.42 bits per heavy atom. The van der Waals surface area contributed by atoms with Crippen LogP contribution >= 0.6 is 0 Å². The molecule has 0 aromatic carbocycles. The first-order chi connectivity index (χ1) is 5.84. The van der Waals surface area contributed by atoms with Gasteiger partial charge in [-0.1, -0.05) is 6.92 Å². The highest BCUT2D eigenvalue weighted by Crippen LogP contribution is 1.92. The van der Waals surface area contributed by atoms with E-state index in [1.165, 1.54) is 0 Å². The van der Waals surface area contributed by atoms with Gasteiger partial charge in [0, 0.05) is 19.6 Å². The van der Waals surface area contributed by atoms with E-state index in [-0.39, 0.29) is 12.0 Å². The summed E-state index contributed by atoms with van der Waals surface area (Å²) in [6, 6.07) is -0.148. The van der Waals surface area contributed by atoms with Crippen LogP contribution in [-0.4, -0.2) is 38.3 Å². The van der Waals surface area contributed by atoms with E-state index in [9.17, 15) is 4.79 Å². The number of hydrogen-bond acceptors (Lipinski definition) is 4. The fraction of sp³-hybridized carbons (Fsp3) is 0.875. The van der Waals surface area contributed by atoms with Gasteiger partial charge in [-0.25, -0.2) is 0 Å². The largest absolute Gasteiger partial charge is 0.465 e. The lowest BCUT2D eigenvalue weighted by Gasteiger charge is -2.22. The standard InChI is InChI=1S/C8H16N2O2/c1-2-5-12-8(11)7-6-9-3-4-10-7/h7,9-10H,2-6H2,1H3/t7-/m1/s1. The zero-order chi connectivity index (χ0) is 8.81. The van der Waals surface area contributed by atoms with E-state index < -0.39 is 0 Å². The number of esters is 1. The summed E-state index contributed by atoms with van der Waals surface area (Å²) < 4.78 is 4.99. The topological polar surface area (TPSA) is 50.4 Å². The fourth-order valence-electron chi connectivity index (χ4n) is 1.12. The molecule has 12 heavy (non-hydrogen) atoms. The van der Waals surface area contributed by atoms with Crippen LogP contribution in [0, 0.1) is 0 Å². The third-order valence-corrected chi connectivity index (χ3v) is 1.77. The van der Waals surface area contributed by atoms with Gasteiger partial charge in [0.15, 0.2) is 0 Å². The van der Waals surface area contributed by atoms with Gasteiger partial charge in [0.2, 0.25) is 0 Å². The molecule has 0 aromatic heterocycles. The van der Waals surface area contributed by atoms with Crippen LogP contribution in [0.3, 0.4) is 0 Å². The lowest BCUT2D eigenvalue weighted by atomic mass is 10.2. The van der Waals surface area contributed by atoms with E-state index in [2.05, 4.69) is 10.6 Å². The average Bonchev–Trinajstić information content (AvgIpc) is 2.15. The van der Waals surface area contributed by atoms with E-state index in [1.54, 1.807) is 0 Å². The molecule has 1 rings (SSSR count).